The van der Waals surface area contributed by atoms with E-state index in [9.17, 15) is 18.0 Å². The number of rotatable bonds is 5. The highest BCUT2D eigenvalue weighted by Gasteiger charge is 2.46. The molecule has 4 rings (SSSR count). The minimum Gasteiger partial charge on any atom is -0.284 e. The van der Waals surface area contributed by atoms with Gasteiger partial charge in [0.1, 0.15) is 0 Å². The van der Waals surface area contributed by atoms with Crippen LogP contribution in [0.3, 0.4) is 0 Å². The first kappa shape index (κ1) is 21.9. The summed E-state index contributed by atoms with van der Waals surface area (Å²) in [6.45, 7) is -3.19. The third-order valence-corrected chi connectivity index (χ3v) is 9.64. The van der Waals surface area contributed by atoms with Crippen LogP contribution in [0, 0.1) is 0 Å². The Morgan fingerprint density at radius 2 is 0.844 bits per heavy atom. The van der Waals surface area contributed by atoms with Crippen molar-refractivity contribution in [1.82, 2.24) is 0 Å². The highest BCUT2D eigenvalue weighted by Crippen LogP contribution is 2.48. The van der Waals surface area contributed by atoms with Gasteiger partial charge in [0, 0.05) is 5.29 Å². The molecule has 0 N–H and O–H groups in total. The lowest BCUT2D eigenvalue weighted by atomic mass is 10.1. The van der Waals surface area contributed by atoms with Gasteiger partial charge in [-0.25, -0.2) is 0 Å². The maximum absolute atomic E-state index is 14.1. The number of alkyl halides is 3. The maximum atomic E-state index is 14.1. The molecule has 0 aliphatic heterocycles. The van der Waals surface area contributed by atoms with E-state index in [0.717, 1.165) is 0 Å². The minimum absolute atomic E-state index is 0.214. The summed E-state index contributed by atoms with van der Waals surface area (Å²) < 4.78 is 42.3. The van der Waals surface area contributed by atoms with Crippen LogP contribution in [0.1, 0.15) is 5.56 Å². The monoisotopic (exact) mass is 448 g/mol. The first-order chi connectivity index (χ1) is 15.5. The van der Waals surface area contributed by atoms with Crippen molar-refractivity contribution in [3.05, 3.63) is 127 Å². The van der Waals surface area contributed by atoms with Crippen molar-refractivity contribution < 1.29 is 18.0 Å². The standard InChI is InChI=1S/C27H20F3OP/c28-27(29,30)26(31)25(21-13-5-1-6-14-21)32(22-15-7-2-8-16-22,23-17-9-3-10-18-23)24-19-11-4-12-20-24/h1-20H. The van der Waals surface area contributed by atoms with Crippen LogP contribution in [0.15, 0.2) is 121 Å². The first-order valence-electron chi connectivity index (χ1n) is 10.1. The molecule has 4 aromatic rings. The van der Waals surface area contributed by atoms with Gasteiger partial charge in [-0.15, -0.1) is 0 Å². The maximum Gasteiger partial charge on any atom is 0.454 e. The molecular weight excluding hydrogens is 428 g/mol. The van der Waals surface area contributed by atoms with Crippen molar-refractivity contribution in [2.75, 3.05) is 0 Å². The largest absolute Gasteiger partial charge is 0.454 e. The summed E-state index contributed by atoms with van der Waals surface area (Å²) in [4.78, 5) is 13.2. The number of ketones is 1. The molecule has 0 spiro atoms. The number of Topliss-reactive ketones (excluding diaryl/α,β-unsaturated/α-hetero) is 1. The van der Waals surface area contributed by atoms with Crippen LogP contribution in [-0.4, -0.2) is 17.3 Å². The molecule has 0 unspecified atom stereocenters. The zero-order valence-corrected chi connectivity index (χ0v) is 17.9. The number of hydrogen-bond donors (Lipinski definition) is 0. The molecule has 160 valence electrons. The Labute approximate surface area is 185 Å². The SMILES string of the molecule is O=C(C(c1ccccc1)=P(c1ccccc1)(c1ccccc1)c1ccccc1)C(F)(F)F. The van der Waals surface area contributed by atoms with Crippen molar-refractivity contribution >= 4 is 33.9 Å². The molecule has 5 heteroatoms. The molecule has 4 aromatic carbocycles. The summed E-state index contributed by atoms with van der Waals surface area (Å²) in [5.41, 5.74) is 0.278. The van der Waals surface area contributed by atoms with Crippen molar-refractivity contribution in [3.8, 4) is 0 Å². The molecule has 0 heterocycles. The van der Waals surface area contributed by atoms with Gasteiger partial charge in [-0.1, -0.05) is 121 Å². The summed E-state index contributed by atoms with van der Waals surface area (Å²) in [5.74, 6) is -1.81. The lowest BCUT2D eigenvalue weighted by Crippen LogP contribution is -2.39. The van der Waals surface area contributed by atoms with Gasteiger partial charge in [-0.3, -0.25) is 4.79 Å². The van der Waals surface area contributed by atoms with E-state index in [4.69, 9.17) is 0 Å². The molecule has 0 aliphatic carbocycles. The van der Waals surface area contributed by atoms with E-state index in [-0.39, 0.29) is 10.9 Å². The lowest BCUT2D eigenvalue weighted by Gasteiger charge is -2.33. The van der Waals surface area contributed by atoms with Gasteiger partial charge >= 0.3 is 6.18 Å². The van der Waals surface area contributed by atoms with Crippen molar-refractivity contribution in [3.63, 3.8) is 0 Å². The summed E-state index contributed by atoms with van der Waals surface area (Å²) in [5, 5.41) is 1.85. The molecular formula is C27H20F3OP. The molecule has 0 atom stereocenters. The van der Waals surface area contributed by atoms with E-state index in [1.54, 1.807) is 66.7 Å². The van der Waals surface area contributed by atoms with Crippen LogP contribution in [0.2, 0.25) is 0 Å². The van der Waals surface area contributed by atoms with Crippen LogP contribution in [0.5, 0.6) is 0 Å². The fourth-order valence-corrected chi connectivity index (χ4v) is 8.49. The van der Waals surface area contributed by atoms with Crippen LogP contribution in [-0.2, 0) is 4.79 Å². The zero-order chi connectivity index (χ0) is 22.6. The average molecular weight is 448 g/mol. The van der Waals surface area contributed by atoms with Gasteiger partial charge < -0.3 is 0 Å². The smallest absolute Gasteiger partial charge is 0.284 e. The molecule has 32 heavy (non-hydrogen) atoms. The molecule has 0 bridgehead atoms. The van der Waals surface area contributed by atoms with Gasteiger partial charge in [-0.2, -0.15) is 13.2 Å². The predicted octanol–water partition coefficient (Wildman–Crippen LogP) is 5.33. The molecule has 0 amide bonds. The number of benzene rings is 4. The molecule has 0 saturated heterocycles. The Bertz CT molecular complexity index is 1150. The fourth-order valence-electron chi connectivity index (χ4n) is 4.00. The number of carbonyl (C=O) groups is 1. The summed E-state index contributed by atoms with van der Waals surface area (Å²) in [7, 11) is 0. The van der Waals surface area contributed by atoms with E-state index < -0.39 is 18.8 Å². The molecule has 0 aliphatic rings. The first-order valence-corrected chi connectivity index (χ1v) is 11.8. The van der Waals surface area contributed by atoms with Crippen LogP contribution >= 0.6 is 6.89 Å². The van der Waals surface area contributed by atoms with Gasteiger partial charge in [0.2, 0.25) is 0 Å². The second-order valence-electron chi connectivity index (χ2n) is 7.22. The summed E-state index contributed by atoms with van der Waals surface area (Å²) in [6.07, 6.45) is -5.02. The van der Waals surface area contributed by atoms with E-state index >= 15 is 0 Å². The minimum atomic E-state index is -5.02. The Hall–Kier alpha value is -3.36. The molecule has 0 radical (unpaired) electrons. The lowest BCUT2D eigenvalue weighted by molar-refractivity contribution is -0.162. The zero-order valence-electron chi connectivity index (χ0n) is 17.0. The van der Waals surface area contributed by atoms with E-state index in [1.807, 2.05) is 54.6 Å². The van der Waals surface area contributed by atoms with E-state index in [0.29, 0.717) is 15.9 Å². The highest BCUT2D eigenvalue weighted by atomic mass is 31.2. The van der Waals surface area contributed by atoms with Crippen molar-refractivity contribution in [2.24, 2.45) is 0 Å². The Morgan fingerprint density at radius 3 is 1.16 bits per heavy atom. The van der Waals surface area contributed by atoms with Crippen molar-refractivity contribution in [1.29, 1.82) is 0 Å². The second kappa shape index (κ2) is 9.02. The number of hydrogen-bond acceptors (Lipinski definition) is 1. The molecule has 0 aromatic heterocycles. The van der Waals surface area contributed by atoms with Crippen LogP contribution in [0.4, 0.5) is 13.2 Å². The number of carbonyl (C=O) groups excluding carboxylic acids is 1. The van der Waals surface area contributed by atoms with Crippen LogP contribution in [0.25, 0.3) is 0 Å². The summed E-state index contributed by atoms with van der Waals surface area (Å²) in [6, 6.07) is 35.4. The Kier molecular flexibility index (Phi) is 6.16. The Balaban J connectivity index is 2.34. The number of halogens is 3. The third-order valence-electron chi connectivity index (χ3n) is 5.29. The van der Waals surface area contributed by atoms with E-state index in [2.05, 4.69) is 0 Å². The summed E-state index contributed by atoms with van der Waals surface area (Å²) >= 11 is 0. The molecule has 1 nitrogen and oxygen atoms in total. The molecule has 0 saturated carbocycles. The molecule has 0 fully saturated rings. The van der Waals surface area contributed by atoms with Gasteiger partial charge in [0.25, 0.3) is 5.78 Å². The van der Waals surface area contributed by atoms with Gasteiger partial charge in [0.05, 0.1) is 0 Å². The van der Waals surface area contributed by atoms with Crippen molar-refractivity contribution in [2.45, 2.75) is 6.18 Å². The van der Waals surface area contributed by atoms with Gasteiger partial charge in [0.15, 0.2) is 0 Å². The van der Waals surface area contributed by atoms with E-state index in [1.165, 1.54) is 0 Å². The van der Waals surface area contributed by atoms with Crippen LogP contribution < -0.4 is 15.9 Å². The second-order valence-corrected chi connectivity index (χ2v) is 10.6. The third kappa shape index (κ3) is 3.94. The quantitative estimate of drug-likeness (QED) is 0.377. The topological polar surface area (TPSA) is 17.1 Å². The average Bonchev–Trinajstić information content (AvgIpc) is 2.84. The predicted molar refractivity (Wildman–Crippen MR) is 127 cm³/mol. The van der Waals surface area contributed by atoms with Gasteiger partial charge in [-0.05, 0) is 28.4 Å². The highest BCUT2D eigenvalue weighted by molar-refractivity contribution is 7.96. The Morgan fingerprint density at radius 1 is 0.531 bits per heavy atom. The fraction of sp³-hybridized carbons (Fsp3) is 0.0370. The normalized spacial score (nSPS) is 11.7.